The van der Waals surface area contributed by atoms with Gasteiger partial charge in [-0.15, -0.1) is 0 Å². The second-order valence-electron chi connectivity index (χ2n) is 5.79. The van der Waals surface area contributed by atoms with Crippen LogP contribution in [0.15, 0.2) is 66.7 Å². The molecule has 0 unspecified atom stereocenters. The zero-order chi connectivity index (χ0) is 19.4. The van der Waals surface area contributed by atoms with Crippen LogP contribution in [0.2, 0.25) is 0 Å². The first kappa shape index (κ1) is 18.8. The van der Waals surface area contributed by atoms with Crippen molar-refractivity contribution in [3.63, 3.8) is 0 Å². The Morgan fingerprint density at radius 2 is 1.59 bits per heavy atom. The number of ether oxygens (including phenoxy) is 2. The summed E-state index contributed by atoms with van der Waals surface area (Å²) in [6, 6.07) is 11.1. The van der Waals surface area contributed by atoms with Gasteiger partial charge >= 0.3 is 6.11 Å². The summed E-state index contributed by atoms with van der Waals surface area (Å²) in [5.74, 6) is -1.59. The number of alkyl halides is 2. The van der Waals surface area contributed by atoms with Crippen LogP contribution in [0.25, 0.3) is 10.8 Å². The summed E-state index contributed by atoms with van der Waals surface area (Å²) in [6.07, 6.45) is -0.431. The van der Waals surface area contributed by atoms with E-state index in [1.54, 1.807) is 19.1 Å². The lowest BCUT2D eigenvalue weighted by molar-refractivity contribution is -0.187. The van der Waals surface area contributed by atoms with Gasteiger partial charge in [0.05, 0.1) is 0 Å². The topological polar surface area (TPSA) is 18.5 Å². The van der Waals surface area contributed by atoms with Crippen LogP contribution in [0.1, 0.15) is 12.5 Å². The van der Waals surface area contributed by atoms with Crippen molar-refractivity contribution < 1.29 is 27.0 Å². The summed E-state index contributed by atoms with van der Waals surface area (Å²) in [5.41, 5.74) is -0.903. The van der Waals surface area contributed by atoms with Gasteiger partial charge < -0.3 is 9.47 Å². The number of hydrogen-bond donors (Lipinski definition) is 0. The summed E-state index contributed by atoms with van der Waals surface area (Å²) in [7, 11) is 0. The molecule has 0 atom stereocenters. The molecule has 0 bridgehead atoms. The molecule has 0 heterocycles. The van der Waals surface area contributed by atoms with E-state index in [0.29, 0.717) is 10.8 Å². The third-order valence-electron chi connectivity index (χ3n) is 3.86. The highest BCUT2D eigenvalue weighted by atomic mass is 19.3. The highest BCUT2D eigenvalue weighted by Crippen LogP contribution is 2.35. The average molecular weight is 376 g/mol. The van der Waals surface area contributed by atoms with E-state index in [1.807, 2.05) is 0 Å². The molecule has 6 heteroatoms. The van der Waals surface area contributed by atoms with E-state index in [-0.39, 0.29) is 18.1 Å². The highest BCUT2D eigenvalue weighted by Gasteiger charge is 2.37. The SMILES string of the molecule is CC=CCOc1ccc(C(F)(F)Oc2ccc3cc(F)ccc3c2)c(F)c1. The van der Waals surface area contributed by atoms with E-state index in [4.69, 9.17) is 9.47 Å². The van der Waals surface area contributed by atoms with Crippen molar-refractivity contribution in [2.45, 2.75) is 13.0 Å². The van der Waals surface area contributed by atoms with Crippen LogP contribution in [0, 0.1) is 11.6 Å². The zero-order valence-corrected chi connectivity index (χ0v) is 14.4. The first-order valence-electron chi connectivity index (χ1n) is 8.19. The molecule has 0 amide bonds. The number of allylic oxidation sites excluding steroid dienone is 1. The zero-order valence-electron chi connectivity index (χ0n) is 14.4. The maximum Gasteiger partial charge on any atom is 0.429 e. The van der Waals surface area contributed by atoms with Crippen LogP contribution in [0.5, 0.6) is 11.5 Å². The second-order valence-corrected chi connectivity index (χ2v) is 5.79. The minimum absolute atomic E-state index is 0.137. The van der Waals surface area contributed by atoms with Crippen molar-refractivity contribution in [1.29, 1.82) is 0 Å². The largest absolute Gasteiger partial charge is 0.489 e. The fourth-order valence-corrected chi connectivity index (χ4v) is 2.52. The van der Waals surface area contributed by atoms with Crippen LogP contribution >= 0.6 is 0 Å². The summed E-state index contributed by atoms with van der Waals surface area (Å²) < 4.78 is 66.2. The molecular formula is C21H16F4O2. The van der Waals surface area contributed by atoms with Gasteiger partial charge in [-0.1, -0.05) is 24.3 Å². The third kappa shape index (κ3) is 4.39. The quantitative estimate of drug-likeness (QED) is 0.377. The fraction of sp³-hybridized carbons (Fsp3) is 0.143. The predicted octanol–water partition coefficient (Wildman–Crippen LogP) is 6.20. The Hall–Kier alpha value is -3.02. The van der Waals surface area contributed by atoms with Gasteiger partial charge in [-0.3, -0.25) is 0 Å². The van der Waals surface area contributed by atoms with Crippen molar-refractivity contribution >= 4 is 10.8 Å². The number of fused-ring (bicyclic) bond motifs is 1. The van der Waals surface area contributed by atoms with Crippen molar-refractivity contribution in [2.75, 3.05) is 6.61 Å². The molecule has 3 aromatic rings. The molecule has 0 aliphatic heterocycles. The number of rotatable bonds is 6. The maximum atomic E-state index is 14.4. The van der Waals surface area contributed by atoms with E-state index < -0.39 is 23.3 Å². The molecule has 0 aromatic heterocycles. The van der Waals surface area contributed by atoms with Crippen molar-refractivity contribution in [2.24, 2.45) is 0 Å². The first-order chi connectivity index (χ1) is 12.9. The normalized spacial score (nSPS) is 11.9. The van der Waals surface area contributed by atoms with Gasteiger partial charge in [0.15, 0.2) is 0 Å². The first-order valence-corrected chi connectivity index (χ1v) is 8.19. The minimum atomic E-state index is -3.89. The van der Waals surface area contributed by atoms with Crippen molar-refractivity contribution in [3.05, 3.63) is 83.9 Å². The Morgan fingerprint density at radius 1 is 0.889 bits per heavy atom. The molecule has 0 spiro atoms. The molecule has 0 fully saturated rings. The van der Waals surface area contributed by atoms with E-state index in [2.05, 4.69) is 0 Å². The number of halogens is 4. The van der Waals surface area contributed by atoms with Crippen molar-refractivity contribution in [3.8, 4) is 11.5 Å². The summed E-state index contributed by atoms with van der Waals surface area (Å²) in [4.78, 5) is 0. The Balaban J connectivity index is 1.82. The third-order valence-corrected chi connectivity index (χ3v) is 3.86. The van der Waals surface area contributed by atoms with E-state index >= 15 is 0 Å². The smallest absolute Gasteiger partial charge is 0.429 e. The molecule has 0 radical (unpaired) electrons. The lowest BCUT2D eigenvalue weighted by Gasteiger charge is -2.19. The molecule has 0 N–H and O–H groups in total. The van der Waals surface area contributed by atoms with Crippen molar-refractivity contribution in [1.82, 2.24) is 0 Å². The van der Waals surface area contributed by atoms with Gasteiger partial charge in [0.25, 0.3) is 0 Å². The molecule has 140 valence electrons. The summed E-state index contributed by atoms with van der Waals surface area (Å²) >= 11 is 0. The number of hydrogen-bond acceptors (Lipinski definition) is 2. The van der Waals surface area contributed by atoms with Gasteiger partial charge in [0, 0.05) is 6.07 Å². The van der Waals surface area contributed by atoms with Gasteiger partial charge in [-0.2, -0.15) is 8.78 Å². The minimum Gasteiger partial charge on any atom is -0.489 e. The molecule has 0 aliphatic carbocycles. The second kappa shape index (κ2) is 7.70. The van der Waals surface area contributed by atoms with E-state index in [0.717, 1.165) is 12.1 Å². The molecule has 27 heavy (non-hydrogen) atoms. The molecule has 0 saturated heterocycles. The Morgan fingerprint density at radius 3 is 2.33 bits per heavy atom. The summed E-state index contributed by atoms with van der Waals surface area (Å²) in [5, 5.41) is 1.07. The Bertz CT molecular complexity index is 983. The maximum absolute atomic E-state index is 14.4. The van der Waals surface area contributed by atoms with Crippen LogP contribution in [-0.4, -0.2) is 6.61 Å². The predicted molar refractivity (Wildman–Crippen MR) is 95.1 cm³/mol. The molecule has 3 aromatic carbocycles. The van der Waals surface area contributed by atoms with Gasteiger partial charge in [0.1, 0.15) is 35.3 Å². The van der Waals surface area contributed by atoms with Crippen LogP contribution in [0.4, 0.5) is 17.6 Å². The molecule has 0 saturated carbocycles. The summed E-state index contributed by atoms with van der Waals surface area (Å²) in [6.45, 7) is 2.01. The molecule has 2 nitrogen and oxygen atoms in total. The molecular weight excluding hydrogens is 360 g/mol. The molecule has 3 rings (SSSR count). The van der Waals surface area contributed by atoms with E-state index in [9.17, 15) is 17.6 Å². The standard InChI is InChI=1S/C21H16F4O2/c1-2-3-10-26-17-8-9-19(20(23)13-17)21(24,25)27-18-7-5-14-11-16(22)6-4-15(14)12-18/h2-9,11-13H,10H2,1H3. The van der Waals surface area contributed by atoms with Crippen LogP contribution in [0.3, 0.4) is 0 Å². The number of benzene rings is 3. The van der Waals surface area contributed by atoms with Crippen LogP contribution in [-0.2, 0) is 6.11 Å². The Labute approximate surface area is 153 Å². The lowest BCUT2D eigenvalue weighted by atomic mass is 10.1. The monoisotopic (exact) mass is 376 g/mol. The van der Waals surface area contributed by atoms with Gasteiger partial charge in [0.2, 0.25) is 0 Å². The lowest BCUT2D eigenvalue weighted by Crippen LogP contribution is -2.23. The highest BCUT2D eigenvalue weighted by molar-refractivity contribution is 5.83. The fourth-order valence-electron chi connectivity index (χ4n) is 2.52. The van der Waals surface area contributed by atoms with Gasteiger partial charge in [-0.05, 0) is 54.1 Å². The average Bonchev–Trinajstić information content (AvgIpc) is 2.61. The molecule has 0 aliphatic rings. The van der Waals surface area contributed by atoms with Crippen LogP contribution < -0.4 is 9.47 Å². The van der Waals surface area contributed by atoms with E-state index in [1.165, 1.54) is 42.5 Å². The Kier molecular flexibility index (Phi) is 5.35. The van der Waals surface area contributed by atoms with Gasteiger partial charge in [-0.25, -0.2) is 8.78 Å².